The molecule has 0 radical (unpaired) electrons. The minimum atomic E-state index is -0.463. The van der Waals surface area contributed by atoms with Crippen molar-refractivity contribution in [3.63, 3.8) is 0 Å². The van der Waals surface area contributed by atoms with E-state index < -0.39 is 6.03 Å². The zero-order chi connectivity index (χ0) is 11.8. The van der Waals surface area contributed by atoms with Crippen LogP contribution >= 0.6 is 0 Å². The van der Waals surface area contributed by atoms with Gasteiger partial charge in [0.25, 0.3) is 0 Å². The molecule has 15 heavy (non-hydrogen) atoms. The number of rotatable bonds is 5. The van der Waals surface area contributed by atoms with Crippen LogP contribution < -0.4 is 16.4 Å². The molecule has 0 fully saturated rings. The SMILES string of the molecule is CCNC(=O)NC(=O)C(C)N(C)CCN. The molecule has 1 atom stereocenters. The third-order valence-electron chi connectivity index (χ3n) is 2.10. The van der Waals surface area contributed by atoms with E-state index in [9.17, 15) is 9.59 Å². The van der Waals surface area contributed by atoms with Gasteiger partial charge in [-0.05, 0) is 20.9 Å². The van der Waals surface area contributed by atoms with Crippen LogP contribution in [0, 0.1) is 0 Å². The maximum atomic E-state index is 11.5. The summed E-state index contributed by atoms with van der Waals surface area (Å²) in [6, 6.07) is -0.827. The monoisotopic (exact) mass is 216 g/mol. The second kappa shape index (κ2) is 7.19. The number of nitrogens with one attached hydrogen (secondary N) is 2. The second-order valence-electron chi connectivity index (χ2n) is 3.29. The molecule has 0 aromatic heterocycles. The summed E-state index contributed by atoms with van der Waals surface area (Å²) in [6.45, 7) is 5.10. The standard InChI is InChI=1S/C9H20N4O2/c1-4-11-9(15)12-8(14)7(2)13(3)6-5-10/h7H,4-6,10H2,1-3H3,(H2,11,12,14,15). The zero-order valence-corrected chi connectivity index (χ0v) is 9.54. The van der Waals surface area contributed by atoms with Crippen molar-refractivity contribution < 1.29 is 9.59 Å². The summed E-state index contributed by atoms with van der Waals surface area (Å²) in [4.78, 5) is 24.3. The molecule has 6 nitrogen and oxygen atoms in total. The Bertz CT molecular complexity index is 220. The van der Waals surface area contributed by atoms with Crippen LogP contribution in [0.3, 0.4) is 0 Å². The van der Waals surface area contributed by atoms with Crippen LogP contribution in [-0.4, -0.2) is 49.6 Å². The fourth-order valence-electron chi connectivity index (χ4n) is 1.02. The molecule has 0 heterocycles. The molecule has 0 bridgehead atoms. The van der Waals surface area contributed by atoms with Crippen molar-refractivity contribution in [1.29, 1.82) is 0 Å². The molecular weight excluding hydrogens is 196 g/mol. The molecule has 0 aliphatic heterocycles. The summed E-state index contributed by atoms with van der Waals surface area (Å²) < 4.78 is 0. The molecule has 3 amide bonds. The van der Waals surface area contributed by atoms with E-state index in [1.54, 1.807) is 25.8 Å². The Labute approximate surface area is 90.2 Å². The molecule has 0 saturated carbocycles. The molecule has 0 rings (SSSR count). The van der Waals surface area contributed by atoms with E-state index in [2.05, 4.69) is 10.6 Å². The molecular formula is C9H20N4O2. The van der Waals surface area contributed by atoms with Crippen LogP contribution in [0.1, 0.15) is 13.8 Å². The van der Waals surface area contributed by atoms with E-state index in [0.717, 1.165) is 0 Å². The molecule has 6 heteroatoms. The van der Waals surface area contributed by atoms with Crippen molar-refractivity contribution in [3.8, 4) is 0 Å². The molecule has 0 aliphatic rings. The Morgan fingerprint density at radius 3 is 2.53 bits per heavy atom. The smallest absolute Gasteiger partial charge is 0.321 e. The molecule has 0 aromatic rings. The fourth-order valence-corrected chi connectivity index (χ4v) is 1.02. The van der Waals surface area contributed by atoms with Gasteiger partial charge in [0, 0.05) is 19.6 Å². The van der Waals surface area contributed by atoms with Crippen LogP contribution in [-0.2, 0) is 4.79 Å². The number of carbonyl (C=O) groups excluding carboxylic acids is 2. The number of carbonyl (C=O) groups is 2. The maximum absolute atomic E-state index is 11.5. The lowest BCUT2D eigenvalue weighted by molar-refractivity contribution is -0.124. The number of nitrogens with zero attached hydrogens (tertiary/aromatic N) is 1. The third kappa shape index (κ3) is 5.34. The lowest BCUT2D eigenvalue weighted by Gasteiger charge is -2.22. The number of imide groups is 1. The van der Waals surface area contributed by atoms with E-state index in [0.29, 0.717) is 19.6 Å². The van der Waals surface area contributed by atoms with E-state index in [4.69, 9.17) is 5.73 Å². The summed E-state index contributed by atoms with van der Waals surface area (Å²) >= 11 is 0. The number of nitrogens with two attached hydrogens (primary N) is 1. The van der Waals surface area contributed by atoms with Crippen LogP contribution in [0.15, 0.2) is 0 Å². The lowest BCUT2D eigenvalue weighted by atomic mass is 10.3. The van der Waals surface area contributed by atoms with E-state index >= 15 is 0 Å². The van der Waals surface area contributed by atoms with Crippen molar-refractivity contribution in [1.82, 2.24) is 15.5 Å². The van der Waals surface area contributed by atoms with Crippen LogP contribution in [0.2, 0.25) is 0 Å². The zero-order valence-electron chi connectivity index (χ0n) is 9.54. The first-order valence-corrected chi connectivity index (χ1v) is 5.01. The first-order valence-electron chi connectivity index (χ1n) is 5.01. The normalized spacial score (nSPS) is 12.3. The van der Waals surface area contributed by atoms with E-state index in [1.807, 2.05) is 0 Å². The minimum absolute atomic E-state index is 0.322. The molecule has 4 N–H and O–H groups in total. The van der Waals surface area contributed by atoms with Gasteiger partial charge in [0.15, 0.2) is 0 Å². The molecule has 1 unspecified atom stereocenters. The Balaban J connectivity index is 4.03. The maximum Gasteiger partial charge on any atom is 0.321 e. The predicted molar refractivity (Wildman–Crippen MR) is 58.4 cm³/mol. The molecule has 0 aliphatic carbocycles. The van der Waals surface area contributed by atoms with Gasteiger partial charge in [-0.3, -0.25) is 15.0 Å². The molecule has 0 saturated heterocycles. The van der Waals surface area contributed by atoms with Crippen molar-refractivity contribution in [2.75, 3.05) is 26.7 Å². The third-order valence-corrected chi connectivity index (χ3v) is 2.10. The van der Waals surface area contributed by atoms with E-state index in [1.165, 1.54) is 0 Å². The number of hydrogen-bond donors (Lipinski definition) is 3. The van der Waals surface area contributed by atoms with E-state index in [-0.39, 0.29) is 11.9 Å². The first-order chi connectivity index (χ1) is 7.02. The topological polar surface area (TPSA) is 87.5 Å². The van der Waals surface area contributed by atoms with Crippen molar-refractivity contribution in [2.45, 2.75) is 19.9 Å². The number of hydrogen-bond acceptors (Lipinski definition) is 4. The van der Waals surface area contributed by atoms with Crippen molar-refractivity contribution in [3.05, 3.63) is 0 Å². The van der Waals surface area contributed by atoms with Crippen LogP contribution in [0.4, 0.5) is 4.79 Å². The Kier molecular flexibility index (Phi) is 6.64. The van der Waals surface area contributed by atoms with Crippen LogP contribution in [0.25, 0.3) is 0 Å². The molecule has 0 spiro atoms. The number of urea groups is 1. The van der Waals surface area contributed by atoms with Crippen molar-refractivity contribution >= 4 is 11.9 Å². The van der Waals surface area contributed by atoms with Gasteiger partial charge in [0.05, 0.1) is 6.04 Å². The van der Waals surface area contributed by atoms with Gasteiger partial charge in [-0.2, -0.15) is 0 Å². The van der Waals surface area contributed by atoms with Gasteiger partial charge in [-0.25, -0.2) is 4.79 Å². The Hall–Kier alpha value is -1.14. The van der Waals surface area contributed by atoms with Crippen molar-refractivity contribution in [2.24, 2.45) is 5.73 Å². The van der Waals surface area contributed by atoms with Crippen LogP contribution in [0.5, 0.6) is 0 Å². The Morgan fingerprint density at radius 1 is 1.47 bits per heavy atom. The minimum Gasteiger partial charge on any atom is -0.338 e. The quantitative estimate of drug-likeness (QED) is 0.556. The van der Waals surface area contributed by atoms with Gasteiger partial charge >= 0.3 is 6.03 Å². The molecule has 88 valence electrons. The predicted octanol–water partition coefficient (Wildman–Crippen LogP) is -0.889. The second-order valence-corrected chi connectivity index (χ2v) is 3.29. The highest BCUT2D eigenvalue weighted by Crippen LogP contribution is 1.93. The first kappa shape index (κ1) is 13.9. The lowest BCUT2D eigenvalue weighted by Crippen LogP contribution is -2.49. The van der Waals surface area contributed by atoms with Gasteiger partial charge in [-0.15, -0.1) is 0 Å². The van der Waals surface area contributed by atoms with Gasteiger partial charge in [0.2, 0.25) is 5.91 Å². The average molecular weight is 216 g/mol. The highest BCUT2D eigenvalue weighted by molar-refractivity contribution is 5.96. The number of likely N-dealkylation sites (N-methyl/N-ethyl adjacent to an activating group) is 1. The highest BCUT2D eigenvalue weighted by Gasteiger charge is 2.18. The highest BCUT2D eigenvalue weighted by atomic mass is 16.2. The summed E-state index contributed by atoms with van der Waals surface area (Å²) in [5.41, 5.74) is 5.36. The molecule has 0 aromatic carbocycles. The average Bonchev–Trinajstić information content (AvgIpc) is 2.17. The summed E-state index contributed by atoms with van der Waals surface area (Å²) in [6.07, 6.45) is 0. The summed E-state index contributed by atoms with van der Waals surface area (Å²) in [7, 11) is 1.79. The number of amides is 3. The fraction of sp³-hybridized carbons (Fsp3) is 0.778. The largest absolute Gasteiger partial charge is 0.338 e. The summed E-state index contributed by atoms with van der Waals surface area (Å²) in [5.74, 6) is -0.322. The van der Waals surface area contributed by atoms with Gasteiger partial charge in [0.1, 0.15) is 0 Å². The Morgan fingerprint density at radius 2 is 2.07 bits per heavy atom. The van der Waals surface area contributed by atoms with Gasteiger partial charge in [-0.1, -0.05) is 0 Å². The summed E-state index contributed by atoms with van der Waals surface area (Å²) in [5, 5.41) is 4.74. The van der Waals surface area contributed by atoms with Gasteiger partial charge < -0.3 is 11.1 Å².